The van der Waals surface area contributed by atoms with E-state index in [2.05, 4.69) is 37.4 Å². The molecule has 5 amide bonds. The number of nitrogens with zero attached hydrogens (tertiary/aromatic N) is 4. The highest BCUT2D eigenvalue weighted by molar-refractivity contribution is 7.13. The number of benzene rings is 2. The minimum atomic E-state index is -0.984. The van der Waals surface area contributed by atoms with Crippen molar-refractivity contribution in [3.63, 3.8) is 0 Å². The third kappa shape index (κ3) is 15.1. The molecular formula is C57H76N8O11S. The van der Waals surface area contributed by atoms with Crippen LogP contribution < -0.4 is 21.5 Å². The topological polar surface area (TPSA) is 236 Å². The molecule has 20 heteroatoms. The van der Waals surface area contributed by atoms with Crippen LogP contribution in [-0.4, -0.2) is 150 Å². The van der Waals surface area contributed by atoms with Gasteiger partial charge in [-0.1, -0.05) is 63.2 Å². The first kappa shape index (κ1) is 58.4. The molecule has 5 aromatic rings. The fraction of sp³-hybridized carbons (Fsp3) is 0.526. The van der Waals surface area contributed by atoms with E-state index in [-0.39, 0.29) is 108 Å². The molecule has 5 heterocycles. The number of thiazole rings is 1. The molecular weight excluding hydrogens is 1000 g/mol. The summed E-state index contributed by atoms with van der Waals surface area (Å²) in [5.74, 6) is -1.37. The molecule has 0 spiro atoms. The predicted octanol–water partition coefficient (Wildman–Crippen LogP) is 5.29. The zero-order valence-corrected chi connectivity index (χ0v) is 46.5. The molecule has 416 valence electrons. The summed E-state index contributed by atoms with van der Waals surface area (Å²) in [5.41, 5.74) is 8.33. The van der Waals surface area contributed by atoms with Gasteiger partial charge in [-0.25, -0.2) is 4.98 Å². The third-order valence-electron chi connectivity index (χ3n) is 14.6. The molecule has 77 heavy (non-hydrogen) atoms. The lowest BCUT2D eigenvalue weighted by molar-refractivity contribution is -0.144. The van der Waals surface area contributed by atoms with Crippen LogP contribution in [0.1, 0.15) is 97.1 Å². The van der Waals surface area contributed by atoms with Crippen LogP contribution in [-0.2, 0) is 51.2 Å². The first-order valence-electron chi connectivity index (χ1n) is 26.5. The quantitative estimate of drug-likeness (QED) is 0.0496. The third-order valence-corrected chi connectivity index (χ3v) is 15.5. The number of aromatic nitrogens is 3. The normalized spacial score (nSPS) is 16.9. The molecule has 4 atom stereocenters. The second kappa shape index (κ2) is 26.9. The lowest BCUT2D eigenvalue weighted by Crippen LogP contribution is -2.58. The number of carbonyl (C=O) groups is 5. The fourth-order valence-electron chi connectivity index (χ4n) is 10.4. The van der Waals surface area contributed by atoms with Gasteiger partial charge >= 0.3 is 0 Å². The maximum atomic E-state index is 14.0. The van der Waals surface area contributed by atoms with Crippen LogP contribution in [0, 0.1) is 39.0 Å². The van der Waals surface area contributed by atoms with Crippen LogP contribution in [0.4, 0.5) is 0 Å². The molecule has 0 aliphatic carbocycles. The Morgan fingerprint density at radius 1 is 0.857 bits per heavy atom. The smallest absolute Gasteiger partial charge is 0.254 e. The number of nitrogens with one attached hydrogen (secondary N) is 4. The van der Waals surface area contributed by atoms with Gasteiger partial charge < -0.3 is 59.4 Å². The van der Waals surface area contributed by atoms with Crippen LogP contribution in [0.5, 0.6) is 0 Å². The van der Waals surface area contributed by atoms with E-state index in [1.165, 1.54) is 4.90 Å². The van der Waals surface area contributed by atoms with Gasteiger partial charge in [0.1, 0.15) is 25.3 Å². The SMILES string of the molecule is Cc1cc(C)c(CNC(=O)c2c(C)n(C(C)C3CCN(C(=O)COCCOCCOCCOCC(=O)N[C@H](C(=O)N4C[C@H](O)CC4C(=O)NCc4ccc(-c5scnc5C)cc4)C(C)(C)C)CC3)c3ccccc23)c(=O)[nH]1. The van der Waals surface area contributed by atoms with Gasteiger partial charge in [0.05, 0.1) is 67.4 Å². The van der Waals surface area contributed by atoms with E-state index >= 15 is 0 Å². The Hall–Kier alpha value is -6.29. The number of amides is 5. The molecule has 2 aliphatic heterocycles. The van der Waals surface area contributed by atoms with Gasteiger partial charge in [-0.05, 0) is 87.6 Å². The predicted molar refractivity (Wildman–Crippen MR) is 293 cm³/mol. The molecule has 19 nitrogen and oxygen atoms in total. The maximum absolute atomic E-state index is 14.0. The number of β-amino-alcohol motifs (C(OH)–C–C–N with tert-alkyl or cyclic N) is 1. The second-order valence-electron chi connectivity index (χ2n) is 21.2. The Morgan fingerprint density at radius 3 is 2.14 bits per heavy atom. The van der Waals surface area contributed by atoms with E-state index in [0.29, 0.717) is 30.8 Å². The molecule has 0 radical (unpaired) electrons. The molecule has 2 aromatic carbocycles. The van der Waals surface area contributed by atoms with Crippen molar-refractivity contribution < 1.29 is 48.0 Å². The standard InChI is InChI=1S/C57H76N8O11S/c1-35-27-36(2)61-53(69)45(35)30-59-55(71)50-39(5)65(46-12-10-9-11-44(46)50)38(4)41-17-19-63(20-18-41)49(68)33-76-26-24-74-22-21-73-23-25-75-32-48(67)62-52(57(6,7)8)56(72)64-31-43(66)28-47(64)54(70)58-29-40-13-15-42(16-14-40)51-37(3)60-34-77-51/h9-16,27,34,38,41,43,47,52,66H,17-26,28-33H2,1-8H3,(H,58,70)(H,59,71)(H,61,69)(H,62,67)/t38?,43-,47?,52-/m1/s1. The number of aliphatic hydroxyl groups excluding tert-OH is 1. The van der Waals surface area contributed by atoms with Crippen LogP contribution in [0.2, 0.25) is 0 Å². The average molecular weight is 1080 g/mol. The van der Waals surface area contributed by atoms with Crippen LogP contribution in [0.25, 0.3) is 21.3 Å². The number of ether oxygens (including phenoxy) is 4. The molecule has 2 fully saturated rings. The molecule has 2 aliphatic rings. The first-order chi connectivity index (χ1) is 36.8. The summed E-state index contributed by atoms with van der Waals surface area (Å²) in [5, 5.41) is 20.1. The minimum absolute atomic E-state index is 0.0297. The Labute approximate surface area is 454 Å². The fourth-order valence-corrected chi connectivity index (χ4v) is 11.2. The van der Waals surface area contributed by atoms with Crippen molar-refractivity contribution in [2.75, 3.05) is 72.5 Å². The van der Waals surface area contributed by atoms with Gasteiger partial charge in [0.15, 0.2) is 0 Å². The number of para-hydroxylation sites is 1. The second-order valence-corrected chi connectivity index (χ2v) is 22.1. The number of carbonyl (C=O) groups excluding carboxylic acids is 5. The van der Waals surface area contributed by atoms with Crippen molar-refractivity contribution in [1.29, 1.82) is 0 Å². The van der Waals surface area contributed by atoms with Gasteiger partial charge in [-0.15, -0.1) is 11.3 Å². The Morgan fingerprint density at radius 2 is 1.51 bits per heavy atom. The largest absolute Gasteiger partial charge is 0.391 e. The van der Waals surface area contributed by atoms with Gasteiger partial charge in [0.2, 0.25) is 23.6 Å². The van der Waals surface area contributed by atoms with E-state index in [4.69, 9.17) is 18.9 Å². The summed E-state index contributed by atoms with van der Waals surface area (Å²) in [6.07, 6.45) is 0.806. The Kier molecular flexibility index (Phi) is 20.4. The number of rotatable bonds is 24. The summed E-state index contributed by atoms with van der Waals surface area (Å²) >= 11 is 1.57. The van der Waals surface area contributed by atoms with Gasteiger partial charge in [0.25, 0.3) is 11.5 Å². The number of aryl methyl sites for hydroxylation is 3. The van der Waals surface area contributed by atoms with Crippen molar-refractivity contribution in [3.05, 3.63) is 110 Å². The van der Waals surface area contributed by atoms with Crippen molar-refractivity contribution in [1.82, 2.24) is 40.3 Å². The van der Waals surface area contributed by atoms with Crippen molar-refractivity contribution in [2.24, 2.45) is 11.3 Å². The maximum Gasteiger partial charge on any atom is 0.254 e. The van der Waals surface area contributed by atoms with Crippen LogP contribution in [0.15, 0.2) is 64.9 Å². The summed E-state index contributed by atoms with van der Waals surface area (Å²) < 4.78 is 24.6. The molecule has 3 aromatic heterocycles. The zero-order valence-electron chi connectivity index (χ0n) is 45.7. The van der Waals surface area contributed by atoms with E-state index in [0.717, 1.165) is 62.4 Å². The van der Waals surface area contributed by atoms with Gasteiger partial charge in [-0.2, -0.15) is 0 Å². The number of aromatic amines is 1. The number of fused-ring (bicyclic) bond motifs is 1. The van der Waals surface area contributed by atoms with Crippen molar-refractivity contribution >= 4 is 51.8 Å². The molecule has 0 saturated carbocycles. The van der Waals surface area contributed by atoms with Gasteiger partial charge in [0, 0.05) is 73.0 Å². The summed E-state index contributed by atoms with van der Waals surface area (Å²) in [4.78, 5) is 91.3. The Balaban J connectivity index is 0.744. The number of piperidine rings is 1. The van der Waals surface area contributed by atoms with E-state index in [9.17, 15) is 33.9 Å². The molecule has 0 bridgehead atoms. The van der Waals surface area contributed by atoms with E-state index in [1.54, 1.807) is 11.3 Å². The number of likely N-dealkylation sites (tertiary alicyclic amines) is 2. The summed E-state index contributed by atoms with van der Waals surface area (Å²) in [6.45, 7) is 17.9. The monoisotopic (exact) mass is 1080 g/mol. The molecule has 5 N–H and O–H groups in total. The summed E-state index contributed by atoms with van der Waals surface area (Å²) in [6, 6.07) is 15.8. The van der Waals surface area contributed by atoms with Crippen LogP contribution >= 0.6 is 11.3 Å². The average Bonchev–Trinajstić information content (AvgIpc) is 4.10. The Bertz CT molecular complexity index is 2900. The van der Waals surface area contributed by atoms with E-state index in [1.807, 2.05) is 113 Å². The molecule has 2 saturated heterocycles. The lowest BCUT2D eigenvalue weighted by Gasteiger charge is -2.36. The number of H-pyrrole nitrogens is 1. The number of hydrogen-bond acceptors (Lipinski definition) is 13. The molecule has 7 rings (SSSR count). The van der Waals surface area contributed by atoms with E-state index < -0.39 is 35.4 Å². The number of hydrogen-bond donors (Lipinski definition) is 5. The molecule has 2 unspecified atom stereocenters. The van der Waals surface area contributed by atoms with Crippen LogP contribution in [0.3, 0.4) is 0 Å². The lowest BCUT2D eigenvalue weighted by atomic mass is 9.85. The van der Waals surface area contributed by atoms with Gasteiger partial charge in [-0.3, -0.25) is 28.8 Å². The van der Waals surface area contributed by atoms with Crippen molar-refractivity contribution in [3.8, 4) is 10.4 Å². The van der Waals surface area contributed by atoms with Crippen molar-refractivity contribution in [2.45, 2.75) is 112 Å². The summed E-state index contributed by atoms with van der Waals surface area (Å²) in [7, 11) is 0. The number of pyridine rings is 1. The zero-order chi connectivity index (χ0) is 55.4. The number of aliphatic hydroxyl groups is 1. The highest BCUT2D eigenvalue weighted by Gasteiger charge is 2.44. The minimum Gasteiger partial charge on any atom is -0.391 e. The highest BCUT2D eigenvalue weighted by Crippen LogP contribution is 2.36. The first-order valence-corrected chi connectivity index (χ1v) is 27.4. The highest BCUT2D eigenvalue weighted by atomic mass is 32.1.